The van der Waals surface area contributed by atoms with Gasteiger partial charge in [-0.3, -0.25) is 0 Å². The van der Waals surface area contributed by atoms with E-state index in [9.17, 15) is 19.8 Å². The third-order valence-electron chi connectivity index (χ3n) is 4.68. The van der Waals surface area contributed by atoms with E-state index in [1.54, 1.807) is 0 Å². The number of aromatic carboxylic acids is 2. The van der Waals surface area contributed by atoms with Crippen molar-refractivity contribution in [3.8, 4) is 5.75 Å². The lowest BCUT2D eigenvalue weighted by Gasteiger charge is -2.20. The summed E-state index contributed by atoms with van der Waals surface area (Å²) in [5, 5.41) is 19.2. The van der Waals surface area contributed by atoms with Gasteiger partial charge in [0, 0.05) is 0 Å². The summed E-state index contributed by atoms with van der Waals surface area (Å²) in [6.45, 7) is 8.30. The van der Waals surface area contributed by atoms with Crippen molar-refractivity contribution in [3.63, 3.8) is 0 Å². The molecule has 1 aromatic rings. The minimum atomic E-state index is -1.07. The van der Waals surface area contributed by atoms with Crippen molar-refractivity contribution in [2.75, 3.05) is 6.61 Å². The average molecular weight is 350 g/mol. The second-order valence-corrected chi connectivity index (χ2v) is 6.30. The van der Waals surface area contributed by atoms with Crippen molar-refractivity contribution in [2.45, 2.75) is 66.2 Å². The lowest BCUT2D eigenvalue weighted by atomic mass is 9.91. The van der Waals surface area contributed by atoms with Gasteiger partial charge < -0.3 is 14.9 Å². The minimum Gasteiger partial charge on any atom is -0.492 e. The van der Waals surface area contributed by atoms with E-state index in [4.69, 9.17) is 4.74 Å². The van der Waals surface area contributed by atoms with Gasteiger partial charge in [-0.15, -0.1) is 0 Å². The van der Waals surface area contributed by atoms with Crippen molar-refractivity contribution in [1.82, 2.24) is 0 Å². The maximum Gasteiger partial charge on any atom is 0.339 e. The third-order valence-corrected chi connectivity index (χ3v) is 4.68. The smallest absolute Gasteiger partial charge is 0.339 e. The molecule has 0 saturated heterocycles. The van der Waals surface area contributed by atoms with Crippen molar-refractivity contribution in [1.29, 1.82) is 0 Å². The van der Waals surface area contributed by atoms with Gasteiger partial charge in [-0.2, -0.15) is 0 Å². The summed E-state index contributed by atoms with van der Waals surface area (Å²) < 4.78 is 5.84. The van der Waals surface area contributed by atoms with Crippen LogP contribution in [0.3, 0.4) is 0 Å². The molecule has 25 heavy (non-hydrogen) atoms. The number of benzene rings is 1. The van der Waals surface area contributed by atoms with Crippen LogP contribution in [0, 0.1) is 5.92 Å². The molecule has 0 aliphatic carbocycles. The number of hydrogen-bond donors (Lipinski definition) is 2. The van der Waals surface area contributed by atoms with Crippen molar-refractivity contribution >= 4 is 11.9 Å². The zero-order valence-electron chi connectivity index (χ0n) is 15.7. The largest absolute Gasteiger partial charge is 0.492 e. The molecule has 2 N–H and O–H groups in total. The molecule has 0 aromatic heterocycles. The van der Waals surface area contributed by atoms with Gasteiger partial charge in [-0.25, -0.2) is 9.59 Å². The molecule has 0 aliphatic rings. The summed E-state index contributed by atoms with van der Waals surface area (Å²) in [4.78, 5) is 23.4. The zero-order chi connectivity index (χ0) is 19.0. The van der Waals surface area contributed by atoms with Crippen molar-refractivity contribution < 1.29 is 24.5 Å². The first kappa shape index (κ1) is 21.0. The van der Waals surface area contributed by atoms with Crippen LogP contribution < -0.4 is 4.74 Å². The Kier molecular flexibility index (Phi) is 8.46. The predicted octanol–water partition coefficient (Wildman–Crippen LogP) is 4.80. The van der Waals surface area contributed by atoms with E-state index in [1.807, 2.05) is 13.8 Å². The molecule has 1 rings (SSSR count). The van der Waals surface area contributed by atoms with Gasteiger partial charge in [0.2, 0.25) is 0 Å². The molecule has 0 heterocycles. The SMILES string of the molecule is CCCCC(CC)COc1cc(C(=O)O)c(CC)c(CC)c1C(=O)O. The molecule has 0 amide bonds. The van der Waals surface area contributed by atoms with Gasteiger partial charge in [0.15, 0.2) is 0 Å². The predicted molar refractivity (Wildman–Crippen MR) is 97.9 cm³/mol. The van der Waals surface area contributed by atoms with Crippen LogP contribution in [0.1, 0.15) is 85.2 Å². The molecule has 0 saturated carbocycles. The van der Waals surface area contributed by atoms with Crippen LogP contribution in [0.4, 0.5) is 0 Å². The highest BCUT2D eigenvalue weighted by atomic mass is 16.5. The standard InChI is InChI=1S/C20H30O5/c1-5-9-10-13(6-2)12-25-17-11-16(19(21)22)14(7-3)15(8-4)18(17)20(23)24/h11,13H,5-10,12H2,1-4H3,(H,21,22)(H,23,24). The first-order valence-corrected chi connectivity index (χ1v) is 9.19. The average Bonchev–Trinajstić information content (AvgIpc) is 2.59. The number of carboxylic acids is 2. The molecule has 0 aliphatic heterocycles. The van der Waals surface area contributed by atoms with Crippen LogP contribution in [0.5, 0.6) is 5.75 Å². The Morgan fingerprint density at radius 1 is 1.04 bits per heavy atom. The molecule has 1 aromatic carbocycles. The van der Waals surface area contributed by atoms with E-state index >= 15 is 0 Å². The number of carboxylic acid groups (broad SMARTS) is 2. The number of unbranched alkanes of at least 4 members (excludes halogenated alkanes) is 1. The lowest BCUT2D eigenvalue weighted by molar-refractivity contribution is 0.0673. The van der Waals surface area contributed by atoms with Gasteiger partial charge in [0.05, 0.1) is 12.2 Å². The summed E-state index contributed by atoms with van der Waals surface area (Å²) in [5.41, 5.74) is 1.39. The first-order valence-electron chi connectivity index (χ1n) is 9.19. The van der Waals surface area contributed by atoms with Crippen LogP contribution in [-0.4, -0.2) is 28.8 Å². The monoisotopic (exact) mass is 350 g/mol. The summed E-state index contributed by atoms with van der Waals surface area (Å²) in [6.07, 6.45) is 5.10. The van der Waals surface area contributed by atoms with Crippen LogP contribution in [0.25, 0.3) is 0 Å². The number of ether oxygens (including phenoxy) is 1. The number of rotatable bonds is 11. The normalized spacial score (nSPS) is 12.0. The molecule has 0 spiro atoms. The number of carbonyl (C=O) groups is 2. The maximum absolute atomic E-state index is 11.8. The Morgan fingerprint density at radius 3 is 2.12 bits per heavy atom. The lowest BCUT2D eigenvalue weighted by Crippen LogP contribution is -2.17. The van der Waals surface area contributed by atoms with E-state index in [0.717, 1.165) is 25.7 Å². The molecular formula is C20H30O5. The highest BCUT2D eigenvalue weighted by Gasteiger charge is 2.25. The fraction of sp³-hybridized carbons (Fsp3) is 0.600. The Morgan fingerprint density at radius 2 is 1.68 bits per heavy atom. The molecule has 5 heteroatoms. The fourth-order valence-electron chi connectivity index (χ4n) is 3.19. The molecule has 1 unspecified atom stereocenters. The van der Waals surface area contributed by atoms with E-state index in [2.05, 4.69) is 13.8 Å². The van der Waals surface area contributed by atoms with Gasteiger partial charge in [0.25, 0.3) is 0 Å². The van der Waals surface area contributed by atoms with Gasteiger partial charge in [-0.05, 0) is 42.4 Å². The van der Waals surface area contributed by atoms with Crippen molar-refractivity contribution in [3.05, 3.63) is 28.3 Å². The summed E-state index contributed by atoms with van der Waals surface area (Å²) in [6, 6.07) is 1.39. The zero-order valence-corrected chi connectivity index (χ0v) is 15.7. The van der Waals surface area contributed by atoms with Crippen LogP contribution in [-0.2, 0) is 12.8 Å². The maximum atomic E-state index is 11.8. The Labute approximate surface area is 150 Å². The molecule has 0 bridgehead atoms. The Bertz CT molecular complexity index is 607. The van der Waals surface area contributed by atoms with Crippen molar-refractivity contribution in [2.24, 2.45) is 5.92 Å². The molecule has 140 valence electrons. The third kappa shape index (κ3) is 5.21. The molecule has 5 nitrogen and oxygen atoms in total. The van der Waals surface area contributed by atoms with Gasteiger partial charge in [-0.1, -0.05) is 47.0 Å². The highest BCUT2D eigenvalue weighted by Crippen LogP contribution is 2.31. The second kappa shape index (κ2) is 10.1. The topological polar surface area (TPSA) is 83.8 Å². The van der Waals surface area contributed by atoms with Crippen LogP contribution >= 0.6 is 0 Å². The minimum absolute atomic E-state index is 0.106. The molecule has 0 radical (unpaired) electrons. The first-order chi connectivity index (χ1) is 11.9. The van der Waals surface area contributed by atoms with Gasteiger partial charge in [0.1, 0.15) is 11.3 Å². The molecule has 0 fully saturated rings. The van der Waals surface area contributed by atoms with E-state index in [-0.39, 0.29) is 16.9 Å². The summed E-state index contributed by atoms with van der Waals surface area (Å²) >= 11 is 0. The number of hydrogen-bond acceptors (Lipinski definition) is 3. The van der Waals surface area contributed by atoms with Gasteiger partial charge >= 0.3 is 11.9 Å². The molecule has 1 atom stereocenters. The summed E-state index contributed by atoms with van der Waals surface area (Å²) in [5.74, 6) is -1.61. The second-order valence-electron chi connectivity index (χ2n) is 6.30. The fourth-order valence-corrected chi connectivity index (χ4v) is 3.19. The van der Waals surface area contributed by atoms with E-state index in [0.29, 0.717) is 36.5 Å². The summed E-state index contributed by atoms with van der Waals surface area (Å²) in [7, 11) is 0. The van der Waals surface area contributed by atoms with E-state index in [1.165, 1.54) is 6.07 Å². The quantitative estimate of drug-likeness (QED) is 0.599. The van der Waals surface area contributed by atoms with Crippen LogP contribution in [0.2, 0.25) is 0 Å². The highest BCUT2D eigenvalue weighted by molar-refractivity contribution is 5.97. The Hall–Kier alpha value is -2.04. The molecular weight excluding hydrogens is 320 g/mol. The van der Waals surface area contributed by atoms with Crippen LogP contribution in [0.15, 0.2) is 6.07 Å². The van der Waals surface area contributed by atoms with E-state index < -0.39 is 11.9 Å². The Balaban J connectivity index is 3.30.